The molecule has 6 nitrogen and oxygen atoms in total. The number of aromatic nitrogens is 4. The Morgan fingerprint density at radius 2 is 1.35 bits per heavy atom. The molecule has 1 fully saturated rings. The Morgan fingerprint density at radius 3 is 1.81 bits per heavy atom. The van der Waals surface area contributed by atoms with Crippen LogP contribution in [-0.4, -0.2) is 32.4 Å². The third-order valence-corrected chi connectivity index (χ3v) is 7.51. The Balaban J connectivity index is 1.53. The molecule has 184 valence electrons. The second-order valence-electron chi connectivity index (χ2n) is 9.56. The predicted molar refractivity (Wildman–Crippen MR) is 141 cm³/mol. The summed E-state index contributed by atoms with van der Waals surface area (Å²) in [6.07, 6.45) is 7.80. The van der Waals surface area contributed by atoms with Gasteiger partial charge in [0.2, 0.25) is 0 Å². The lowest BCUT2D eigenvalue weighted by molar-refractivity contribution is -0.142. The zero-order valence-electron chi connectivity index (χ0n) is 20.8. The number of benzene rings is 3. The Kier molecular flexibility index (Phi) is 5.72. The molecule has 0 amide bonds. The molecule has 0 spiro atoms. The number of aryl methyl sites for hydroxylation is 1. The molecule has 1 unspecified atom stereocenters. The molecule has 0 saturated heterocycles. The van der Waals surface area contributed by atoms with Crippen molar-refractivity contribution in [1.82, 2.24) is 19.3 Å². The Bertz CT molecular complexity index is 1410. The van der Waals surface area contributed by atoms with Crippen molar-refractivity contribution in [1.29, 1.82) is 0 Å². The van der Waals surface area contributed by atoms with Gasteiger partial charge in [-0.15, -0.1) is 0 Å². The fourth-order valence-electron chi connectivity index (χ4n) is 5.81. The van der Waals surface area contributed by atoms with Gasteiger partial charge in [-0.05, 0) is 22.3 Å². The first-order valence-electron chi connectivity index (χ1n) is 12.4. The summed E-state index contributed by atoms with van der Waals surface area (Å²) in [6.45, 7) is 0. The second kappa shape index (κ2) is 9.21. The van der Waals surface area contributed by atoms with E-state index in [4.69, 9.17) is 9.72 Å². The van der Waals surface area contributed by atoms with Crippen LogP contribution in [0, 0.1) is 5.92 Å². The molecule has 3 atom stereocenters. The van der Waals surface area contributed by atoms with Gasteiger partial charge >= 0.3 is 5.97 Å². The van der Waals surface area contributed by atoms with Gasteiger partial charge in [-0.25, -0.2) is 4.98 Å². The minimum Gasteiger partial charge on any atom is -0.469 e. The predicted octanol–water partition coefficient (Wildman–Crippen LogP) is 5.13. The highest BCUT2D eigenvalue weighted by atomic mass is 16.5. The van der Waals surface area contributed by atoms with E-state index in [1.807, 2.05) is 44.0 Å². The van der Waals surface area contributed by atoms with Crippen LogP contribution in [0.1, 0.15) is 39.8 Å². The fraction of sp³-hybridized carbons (Fsp3) is 0.194. The molecule has 37 heavy (non-hydrogen) atoms. The van der Waals surface area contributed by atoms with Crippen LogP contribution < -0.4 is 0 Å². The highest BCUT2D eigenvalue weighted by Crippen LogP contribution is 2.60. The van der Waals surface area contributed by atoms with Crippen LogP contribution in [0.2, 0.25) is 0 Å². The summed E-state index contributed by atoms with van der Waals surface area (Å²) in [5.74, 6) is -0.576. The minimum atomic E-state index is -0.644. The van der Waals surface area contributed by atoms with E-state index in [1.165, 1.54) is 7.11 Å². The summed E-state index contributed by atoms with van der Waals surface area (Å²) < 4.78 is 9.12. The van der Waals surface area contributed by atoms with E-state index in [0.29, 0.717) is 0 Å². The van der Waals surface area contributed by atoms with Crippen LogP contribution in [0.15, 0.2) is 116 Å². The average Bonchev–Trinajstić information content (AvgIpc) is 3.24. The monoisotopic (exact) mass is 488 g/mol. The Hall–Kier alpha value is -4.45. The summed E-state index contributed by atoms with van der Waals surface area (Å²) in [4.78, 5) is 17.6. The molecule has 6 heteroatoms. The van der Waals surface area contributed by atoms with Crippen molar-refractivity contribution in [3.8, 4) is 0 Å². The number of hydrogen-bond donors (Lipinski definition) is 0. The van der Waals surface area contributed by atoms with Gasteiger partial charge in [0.25, 0.3) is 0 Å². The lowest BCUT2D eigenvalue weighted by Crippen LogP contribution is -2.36. The number of hydrogen-bond acceptors (Lipinski definition) is 4. The maximum absolute atomic E-state index is 12.7. The standard InChI is InChI=1S/C31H28N4O2/c1-34-19-22(18-33-34)27-28(29(27)30(36)37-2)26-20-35(21-32-26)31(23-12-6-3-7-13-23,24-14-8-4-9-15-24)25-16-10-5-11-17-25/h3-21,27-29H,1-2H3/t27-,28?,29+/m0/s1. The Labute approximate surface area is 216 Å². The van der Waals surface area contributed by atoms with Gasteiger partial charge in [-0.3, -0.25) is 9.48 Å². The number of carbonyl (C=O) groups is 1. The molecule has 2 heterocycles. The molecule has 1 aliphatic rings. The number of ether oxygens (including phenoxy) is 1. The van der Waals surface area contributed by atoms with Crippen LogP contribution in [0.3, 0.4) is 0 Å². The van der Waals surface area contributed by atoms with Crippen LogP contribution >= 0.6 is 0 Å². The van der Waals surface area contributed by atoms with Crippen LogP contribution in [0.5, 0.6) is 0 Å². The van der Waals surface area contributed by atoms with Crippen molar-refractivity contribution in [2.75, 3.05) is 7.11 Å². The third kappa shape index (κ3) is 3.76. The van der Waals surface area contributed by atoms with Crippen molar-refractivity contribution < 1.29 is 9.53 Å². The maximum Gasteiger partial charge on any atom is 0.310 e. The molecule has 2 aromatic heterocycles. The fourth-order valence-corrected chi connectivity index (χ4v) is 5.81. The molecular weight excluding hydrogens is 460 g/mol. The molecule has 5 aromatic rings. The topological polar surface area (TPSA) is 61.9 Å². The summed E-state index contributed by atoms with van der Waals surface area (Å²) in [7, 11) is 3.33. The van der Waals surface area contributed by atoms with E-state index in [9.17, 15) is 4.79 Å². The quantitative estimate of drug-likeness (QED) is 0.235. The summed E-state index contributed by atoms with van der Waals surface area (Å²) >= 11 is 0. The van der Waals surface area contributed by atoms with Crippen molar-refractivity contribution in [2.24, 2.45) is 13.0 Å². The molecule has 3 aromatic carbocycles. The lowest BCUT2D eigenvalue weighted by Gasteiger charge is -2.37. The zero-order valence-corrected chi connectivity index (χ0v) is 20.8. The Morgan fingerprint density at radius 1 is 0.811 bits per heavy atom. The van der Waals surface area contributed by atoms with Gasteiger partial charge < -0.3 is 9.30 Å². The molecule has 0 bridgehead atoms. The highest BCUT2D eigenvalue weighted by Gasteiger charge is 2.59. The van der Waals surface area contributed by atoms with E-state index >= 15 is 0 Å². The van der Waals surface area contributed by atoms with Crippen molar-refractivity contribution >= 4 is 5.97 Å². The number of nitrogens with zero attached hydrogens (tertiary/aromatic N) is 4. The van der Waals surface area contributed by atoms with Gasteiger partial charge in [0, 0.05) is 31.3 Å². The van der Waals surface area contributed by atoms with Gasteiger partial charge in [0.05, 0.1) is 31.2 Å². The molecule has 1 aliphatic carbocycles. The summed E-state index contributed by atoms with van der Waals surface area (Å²) in [6, 6.07) is 31.5. The van der Waals surface area contributed by atoms with Crippen molar-refractivity contribution in [3.05, 3.63) is 144 Å². The number of esters is 1. The SMILES string of the molecule is COC(=O)[C@H]1C(c2cn(C(c3ccccc3)(c3ccccc3)c3ccccc3)cn2)[C@@H]1c1cnn(C)c1. The van der Waals surface area contributed by atoms with Crippen LogP contribution in [0.25, 0.3) is 0 Å². The van der Waals surface area contributed by atoms with Gasteiger partial charge in [-0.1, -0.05) is 91.0 Å². The number of rotatable bonds is 7. The molecule has 0 N–H and O–H groups in total. The molecule has 0 radical (unpaired) electrons. The zero-order chi connectivity index (χ0) is 25.4. The maximum atomic E-state index is 12.7. The van der Waals surface area contributed by atoms with E-state index in [-0.39, 0.29) is 23.7 Å². The normalized spacial score (nSPS) is 18.9. The number of imidazole rings is 1. The minimum absolute atomic E-state index is 0.0101. The number of carbonyl (C=O) groups excluding carboxylic acids is 1. The molecule has 1 saturated carbocycles. The second-order valence-corrected chi connectivity index (χ2v) is 9.56. The average molecular weight is 489 g/mol. The van der Waals surface area contributed by atoms with Crippen LogP contribution in [-0.2, 0) is 22.1 Å². The van der Waals surface area contributed by atoms with Crippen molar-refractivity contribution in [2.45, 2.75) is 17.4 Å². The molecular formula is C31H28N4O2. The summed E-state index contributed by atoms with van der Waals surface area (Å²) in [5, 5.41) is 4.33. The first-order chi connectivity index (χ1) is 18.1. The molecule has 0 aliphatic heterocycles. The first-order valence-corrected chi connectivity index (χ1v) is 12.4. The summed E-state index contributed by atoms with van der Waals surface area (Å²) in [5.41, 5.74) is 4.63. The largest absolute Gasteiger partial charge is 0.469 e. The van der Waals surface area contributed by atoms with Gasteiger partial charge in [0.1, 0.15) is 5.54 Å². The van der Waals surface area contributed by atoms with E-state index in [0.717, 1.165) is 27.9 Å². The lowest BCUT2D eigenvalue weighted by atomic mass is 9.77. The van der Waals surface area contributed by atoms with Crippen molar-refractivity contribution in [3.63, 3.8) is 0 Å². The van der Waals surface area contributed by atoms with E-state index in [2.05, 4.69) is 88.7 Å². The number of methoxy groups -OCH3 is 1. The smallest absolute Gasteiger partial charge is 0.310 e. The van der Waals surface area contributed by atoms with Gasteiger partial charge in [0.15, 0.2) is 0 Å². The highest BCUT2D eigenvalue weighted by molar-refractivity contribution is 5.80. The van der Waals surface area contributed by atoms with Gasteiger partial charge in [-0.2, -0.15) is 5.10 Å². The first kappa shape index (κ1) is 23.0. The van der Waals surface area contributed by atoms with E-state index < -0.39 is 5.54 Å². The third-order valence-electron chi connectivity index (χ3n) is 7.51. The van der Waals surface area contributed by atoms with E-state index in [1.54, 1.807) is 4.68 Å². The van der Waals surface area contributed by atoms with Crippen LogP contribution in [0.4, 0.5) is 0 Å². The molecule has 6 rings (SSSR count).